The van der Waals surface area contributed by atoms with Crippen molar-refractivity contribution in [3.05, 3.63) is 128 Å². The van der Waals surface area contributed by atoms with E-state index in [1.165, 1.54) is 11.1 Å². The summed E-state index contributed by atoms with van der Waals surface area (Å²) < 4.78 is 0. The lowest BCUT2D eigenvalue weighted by Crippen LogP contribution is -2.29. The van der Waals surface area contributed by atoms with E-state index in [1.54, 1.807) is 0 Å². The zero-order chi connectivity index (χ0) is 36.2. The highest BCUT2D eigenvalue weighted by molar-refractivity contribution is 6.30. The average molecular weight is 675 g/mol. The second kappa shape index (κ2) is 13.3. The summed E-state index contributed by atoms with van der Waals surface area (Å²) in [5.74, 6) is -0.291. The molecule has 0 saturated heterocycles. The van der Waals surface area contributed by atoms with Crippen LogP contribution in [0.3, 0.4) is 0 Å². The molecule has 7 bridgehead atoms. The van der Waals surface area contributed by atoms with E-state index in [9.17, 15) is 9.59 Å². The maximum absolute atomic E-state index is 14.5. The minimum Gasteiger partial charge on any atom is -0.321 e. The van der Waals surface area contributed by atoms with Crippen LogP contribution in [0.25, 0.3) is 32.3 Å². The smallest absolute Gasteiger partial charge is 0.256 e. The van der Waals surface area contributed by atoms with E-state index in [0.717, 1.165) is 116 Å². The first kappa shape index (κ1) is 34.5. The Morgan fingerprint density at radius 3 is 1.27 bits per heavy atom. The Morgan fingerprint density at radius 2 is 0.902 bits per heavy atom. The number of carbonyl (C=O) groups excluding carboxylic acids is 2. The minimum atomic E-state index is -0.200. The molecule has 51 heavy (non-hydrogen) atoms. The molecule has 4 nitrogen and oxygen atoms in total. The Morgan fingerprint density at radius 1 is 0.510 bits per heavy atom. The fourth-order valence-electron chi connectivity index (χ4n) is 8.95. The summed E-state index contributed by atoms with van der Waals surface area (Å²) in [5.41, 5.74) is 11.8. The molecular weight excluding hydrogens is 625 g/mol. The Kier molecular flexibility index (Phi) is 8.99. The number of fused-ring (bicyclic) bond motifs is 6. The molecule has 0 aromatic heterocycles. The van der Waals surface area contributed by atoms with Gasteiger partial charge in [0.1, 0.15) is 0 Å². The fourth-order valence-corrected chi connectivity index (χ4v) is 8.95. The van der Waals surface area contributed by atoms with Gasteiger partial charge in [0, 0.05) is 27.9 Å². The number of unbranched alkanes of at least 4 members (excludes halogenated alkanes) is 2. The first-order chi connectivity index (χ1) is 24.5. The minimum absolute atomic E-state index is 0.146. The highest BCUT2D eigenvalue weighted by atomic mass is 16.2. The summed E-state index contributed by atoms with van der Waals surface area (Å²) in [6.07, 6.45) is 6.49. The van der Waals surface area contributed by atoms with Crippen molar-refractivity contribution in [1.29, 1.82) is 0 Å². The van der Waals surface area contributed by atoms with Crippen molar-refractivity contribution in [1.82, 2.24) is 0 Å². The summed E-state index contributed by atoms with van der Waals surface area (Å²) in [6, 6.07) is 25.7. The Bertz CT molecular complexity index is 2190. The van der Waals surface area contributed by atoms with Gasteiger partial charge in [-0.05, 0) is 143 Å². The van der Waals surface area contributed by atoms with E-state index in [1.807, 2.05) is 24.3 Å². The topological polar surface area (TPSA) is 58.2 Å². The number of amides is 2. The normalized spacial score (nSPS) is 14.1. The van der Waals surface area contributed by atoms with Gasteiger partial charge >= 0.3 is 0 Å². The van der Waals surface area contributed by atoms with Crippen molar-refractivity contribution in [2.24, 2.45) is 0 Å². The van der Waals surface area contributed by atoms with Gasteiger partial charge in [-0.25, -0.2) is 0 Å². The van der Waals surface area contributed by atoms with Crippen LogP contribution in [-0.4, -0.2) is 11.8 Å². The molecule has 3 heterocycles. The summed E-state index contributed by atoms with van der Waals surface area (Å²) in [7, 11) is 0. The molecule has 6 aromatic rings. The number of anilines is 2. The van der Waals surface area contributed by atoms with Crippen LogP contribution >= 0.6 is 0 Å². The predicted octanol–water partition coefficient (Wildman–Crippen LogP) is 12.5. The van der Waals surface area contributed by atoms with Crippen LogP contribution in [0.5, 0.6) is 0 Å². The number of hydrogen-bond donors (Lipinski definition) is 2. The second-order valence-electron chi connectivity index (χ2n) is 15.1. The van der Waals surface area contributed by atoms with Gasteiger partial charge in [0.15, 0.2) is 0 Å². The third kappa shape index (κ3) is 5.69. The van der Waals surface area contributed by atoms with E-state index in [-0.39, 0.29) is 17.2 Å². The summed E-state index contributed by atoms with van der Waals surface area (Å²) >= 11 is 0. The van der Waals surface area contributed by atoms with Crippen molar-refractivity contribution < 1.29 is 9.59 Å². The van der Waals surface area contributed by atoms with Crippen LogP contribution in [0.1, 0.15) is 118 Å². The first-order valence-electron chi connectivity index (χ1n) is 18.7. The number of hydrogen-bond acceptors (Lipinski definition) is 2. The van der Waals surface area contributed by atoms with Crippen molar-refractivity contribution >= 4 is 55.5 Å². The molecule has 0 fully saturated rings. The van der Waals surface area contributed by atoms with Gasteiger partial charge in [-0.15, -0.1) is 0 Å². The first-order valence-corrected chi connectivity index (χ1v) is 18.7. The fraction of sp³-hybridized carbons (Fsp3) is 0.319. The summed E-state index contributed by atoms with van der Waals surface area (Å²) in [6.45, 7) is 17.3. The number of rotatable bonds is 6. The van der Waals surface area contributed by atoms with Gasteiger partial charge < -0.3 is 10.6 Å². The molecule has 9 rings (SSSR count). The molecule has 0 unspecified atom stereocenters. The van der Waals surface area contributed by atoms with Crippen LogP contribution in [0.4, 0.5) is 11.4 Å². The third-order valence-electron chi connectivity index (χ3n) is 11.6. The van der Waals surface area contributed by atoms with Gasteiger partial charge in [-0.1, -0.05) is 100 Å². The Labute approximate surface area is 302 Å². The third-order valence-corrected chi connectivity index (χ3v) is 11.6. The monoisotopic (exact) mass is 674 g/mol. The van der Waals surface area contributed by atoms with Crippen LogP contribution in [0.15, 0.2) is 72.8 Å². The van der Waals surface area contributed by atoms with Crippen molar-refractivity contribution in [2.75, 3.05) is 10.6 Å². The quantitative estimate of drug-likeness (QED) is 0.173. The van der Waals surface area contributed by atoms with Crippen LogP contribution < -0.4 is 10.6 Å². The molecule has 3 aliphatic rings. The zero-order valence-electron chi connectivity index (χ0n) is 31.5. The van der Waals surface area contributed by atoms with Gasteiger partial charge in [-0.2, -0.15) is 0 Å². The second-order valence-corrected chi connectivity index (χ2v) is 15.1. The molecule has 0 atom stereocenters. The number of carbonyl (C=O) groups is 2. The predicted molar refractivity (Wildman–Crippen MR) is 216 cm³/mol. The van der Waals surface area contributed by atoms with Gasteiger partial charge in [0.25, 0.3) is 11.8 Å². The van der Waals surface area contributed by atoms with Crippen molar-refractivity contribution in [2.45, 2.75) is 99.3 Å². The van der Waals surface area contributed by atoms with Crippen molar-refractivity contribution in [3.8, 4) is 0 Å². The molecular formula is C47H50N2O2. The summed E-state index contributed by atoms with van der Waals surface area (Å²) in [5, 5.41) is 12.6. The molecule has 4 heteroatoms. The maximum Gasteiger partial charge on any atom is 0.256 e. The van der Waals surface area contributed by atoms with E-state index in [4.69, 9.17) is 0 Å². The maximum atomic E-state index is 14.5. The molecule has 0 radical (unpaired) electrons. The average Bonchev–Trinajstić information content (AvgIpc) is 3.10. The number of aryl methyl sites for hydroxylation is 6. The van der Waals surface area contributed by atoms with Gasteiger partial charge in [0.05, 0.1) is 0 Å². The lowest BCUT2D eigenvalue weighted by Gasteiger charge is -2.37. The van der Waals surface area contributed by atoms with E-state index in [2.05, 4.69) is 115 Å². The Balaban J connectivity index is 1.59. The SMILES string of the molecule is CCCCC1(CCCC)c2cc(C)c(c(C)c2)NC(=O)c2cc3cc(c4cccc(C)c4c3c3c(C)cccc23)C(=O)Nc2c(C)cc1cc2C. The van der Waals surface area contributed by atoms with Gasteiger partial charge in [-0.3, -0.25) is 9.59 Å². The highest BCUT2D eigenvalue weighted by Gasteiger charge is 2.35. The van der Waals surface area contributed by atoms with Crippen molar-refractivity contribution in [3.63, 3.8) is 0 Å². The Hall–Kier alpha value is -4.96. The van der Waals surface area contributed by atoms with E-state index in [0.29, 0.717) is 11.1 Å². The standard InChI is InChI=1S/C47H50N2O2/c1-9-11-19-47(20-12-10-2)34-21-29(5)43(30(6)22-34)48-45(50)38-25-33-26-39(46(51)49-44-31(7)23-35(47)24-32(44)8)37-18-14-16-28(4)41(37)42(33)40-27(3)15-13-17-36(38)40/h13-18,21-26H,9-12,19-20H2,1-8H3,(H,48,50)(H,49,51). The van der Waals surface area contributed by atoms with Crippen LogP contribution in [-0.2, 0) is 5.41 Å². The molecule has 260 valence electrons. The molecule has 0 spiro atoms. The molecule has 6 aromatic carbocycles. The molecule has 0 saturated carbocycles. The lowest BCUT2D eigenvalue weighted by molar-refractivity contribution is 0.102. The largest absolute Gasteiger partial charge is 0.321 e. The molecule has 2 amide bonds. The number of nitrogens with one attached hydrogen (secondary N) is 2. The van der Waals surface area contributed by atoms with Gasteiger partial charge in [0.2, 0.25) is 0 Å². The lowest BCUT2D eigenvalue weighted by atomic mass is 9.66. The van der Waals surface area contributed by atoms with Crippen LogP contribution in [0, 0.1) is 41.5 Å². The zero-order valence-corrected chi connectivity index (χ0v) is 31.5. The summed E-state index contributed by atoms with van der Waals surface area (Å²) in [4.78, 5) is 29.1. The van der Waals surface area contributed by atoms with E-state index >= 15 is 0 Å². The van der Waals surface area contributed by atoms with E-state index < -0.39 is 0 Å². The molecule has 2 N–H and O–H groups in total. The number of benzene rings is 6. The van der Waals surface area contributed by atoms with Crippen LogP contribution in [0.2, 0.25) is 0 Å². The molecule has 3 aliphatic heterocycles. The molecule has 0 aliphatic carbocycles. The highest BCUT2D eigenvalue weighted by Crippen LogP contribution is 2.46.